The zero-order valence-corrected chi connectivity index (χ0v) is 16.0. The van der Waals surface area contributed by atoms with E-state index in [2.05, 4.69) is 26.2 Å². The van der Waals surface area contributed by atoms with Crippen LogP contribution >= 0.6 is 15.9 Å². The number of hydrogen-bond donors (Lipinski definition) is 0. The molecule has 1 aromatic carbocycles. The number of rotatable bonds is 10. The van der Waals surface area contributed by atoms with Crippen LogP contribution in [0.4, 0.5) is 0 Å². The number of aryl methyl sites for hydroxylation is 1. The lowest BCUT2D eigenvalue weighted by Gasteiger charge is -2.13. The maximum atomic E-state index is 5.83. The summed E-state index contributed by atoms with van der Waals surface area (Å²) in [6, 6.07) is 5.95. The molecule has 0 fully saturated rings. The Labute approximate surface area is 151 Å². The second-order valence-corrected chi connectivity index (χ2v) is 6.07. The van der Waals surface area contributed by atoms with Crippen molar-refractivity contribution in [2.24, 2.45) is 0 Å². The summed E-state index contributed by atoms with van der Waals surface area (Å²) in [7, 11) is 0. The Morgan fingerprint density at radius 3 is 2.67 bits per heavy atom. The number of hydrogen-bond acceptors (Lipinski definition) is 5. The van der Waals surface area contributed by atoms with Gasteiger partial charge in [-0.1, -0.05) is 27.2 Å². The van der Waals surface area contributed by atoms with Gasteiger partial charge in [0.2, 0.25) is 6.29 Å². The van der Waals surface area contributed by atoms with E-state index in [1.54, 1.807) is 4.68 Å². The third-order valence-corrected chi connectivity index (χ3v) is 4.30. The van der Waals surface area contributed by atoms with Crippen LogP contribution in [0.2, 0.25) is 0 Å². The SMILES string of the molecule is CCOC(OCC)c1cn(CCCOc2cccc(Br)c2C)nn1. The number of halogens is 1. The Hall–Kier alpha value is -1.44. The van der Waals surface area contributed by atoms with Crippen LogP contribution in [0.1, 0.15) is 37.8 Å². The Kier molecular flexibility index (Phi) is 7.68. The zero-order chi connectivity index (χ0) is 17.4. The smallest absolute Gasteiger partial charge is 0.204 e. The van der Waals surface area contributed by atoms with Gasteiger partial charge in [-0.15, -0.1) is 5.10 Å². The highest BCUT2D eigenvalue weighted by Gasteiger charge is 2.15. The van der Waals surface area contributed by atoms with Crippen LogP contribution in [0, 0.1) is 6.92 Å². The van der Waals surface area contributed by atoms with Gasteiger partial charge in [-0.25, -0.2) is 0 Å². The highest BCUT2D eigenvalue weighted by Crippen LogP contribution is 2.25. The van der Waals surface area contributed by atoms with Crippen molar-refractivity contribution in [1.82, 2.24) is 15.0 Å². The van der Waals surface area contributed by atoms with Crippen molar-refractivity contribution in [1.29, 1.82) is 0 Å². The topological polar surface area (TPSA) is 58.4 Å². The molecule has 0 unspecified atom stereocenters. The monoisotopic (exact) mass is 397 g/mol. The van der Waals surface area contributed by atoms with Gasteiger partial charge in [0.15, 0.2) is 0 Å². The summed E-state index contributed by atoms with van der Waals surface area (Å²) in [4.78, 5) is 0. The quantitative estimate of drug-likeness (QED) is 0.449. The molecule has 132 valence electrons. The summed E-state index contributed by atoms with van der Waals surface area (Å²) in [6.07, 6.45) is 2.25. The van der Waals surface area contributed by atoms with E-state index in [-0.39, 0.29) is 0 Å². The van der Waals surface area contributed by atoms with Gasteiger partial charge in [0.25, 0.3) is 0 Å². The summed E-state index contributed by atoms with van der Waals surface area (Å²) < 4.78 is 19.7. The van der Waals surface area contributed by atoms with Gasteiger partial charge in [-0.05, 0) is 32.9 Å². The first-order chi connectivity index (χ1) is 11.7. The van der Waals surface area contributed by atoms with E-state index in [9.17, 15) is 0 Å². The number of ether oxygens (including phenoxy) is 3. The average molecular weight is 398 g/mol. The first kappa shape index (κ1) is 18.9. The van der Waals surface area contributed by atoms with E-state index in [0.717, 1.165) is 28.8 Å². The normalized spacial score (nSPS) is 11.2. The first-order valence-corrected chi connectivity index (χ1v) is 8.96. The Bertz CT molecular complexity index is 627. The van der Waals surface area contributed by atoms with Crippen LogP contribution in [0.5, 0.6) is 5.75 Å². The molecule has 0 aliphatic heterocycles. The van der Waals surface area contributed by atoms with E-state index in [0.29, 0.717) is 25.5 Å². The third-order valence-electron chi connectivity index (χ3n) is 3.44. The van der Waals surface area contributed by atoms with Crippen LogP contribution in [-0.2, 0) is 16.0 Å². The van der Waals surface area contributed by atoms with E-state index >= 15 is 0 Å². The molecular weight excluding hydrogens is 374 g/mol. The third kappa shape index (κ3) is 5.29. The largest absolute Gasteiger partial charge is 0.493 e. The predicted molar refractivity (Wildman–Crippen MR) is 95.0 cm³/mol. The molecule has 0 radical (unpaired) electrons. The predicted octanol–water partition coefficient (Wildman–Crippen LogP) is 3.89. The van der Waals surface area contributed by atoms with Crippen LogP contribution in [0.3, 0.4) is 0 Å². The zero-order valence-electron chi connectivity index (χ0n) is 14.4. The van der Waals surface area contributed by atoms with Gasteiger partial charge >= 0.3 is 0 Å². The lowest BCUT2D eigenvalue weighted by atomic mass is 10.2. The van der Waals surface area contributed by atoms with Crippen LogP contribution in [0.15, 0.2) is 28.9 Å². The summed E-state index contributed by atoms with van der Waals surface area (Å²) in [5.41, 5.74) is 1.80. The molecule has 0 saturated heterocycles. The van der Waals surface area contributed by atoms with Gasteiger partial charge in [-0.2, -0.15) is 0 Å². The molecule has 1 heterocycles. The number of nitrogens with zero attached hydrogens (tertiary/aromatic N) is 3. The van der Waals surface area contributed by atoms with Crippen molar-refractivity contribution in [3.05, 3.63) is 40.1 Å². The van der Waals surface area contributed by atoms with Gasteiger partial charge in [-0.3, -0.25) is 4.68 Å². The lowest BCUT2D eigenvalue weighted by molar-refractivity contribution is -0.142. The second kappa shape index (κ2) is 9.76. The van der Waals surface area contributed by atoms with E-state index in [1.807, 2.05) is 45.2 Å². The summed E-state index contributed by atoms with van der Waals surface area (Å²) in [5.74, 6) is 0.899. The highest BCUT2D eigenvalue weighted by molar-refractivity contribution is 9.10. The molecule has 0 aliphatic rings. The van der Waals surface area contributed by atoms with Gasteiger partial charge in [0.1, 0.15) is 11.4 Å². The molecule has 0 N–H and O–H groups in total. The minimum absolute atomic E-state index is 0.450. The highest BCUT2D eigenvalue weighted by atomic mass is 79.9. The molecule has 7 heteroatoms. The first-order valence-electron chi connectivity index (χ1n) is 8.16. The number of benzene rings is 1. The molecule has 0 atom stereocenters. The summed E-state index contributed by atoms with van der Waals surface area (Å²) in [6.45, 7) is 8.37. The van der Waals surface area contributed by atoms with E-state index < -0.39 is 6.29 Å². The van der Waals surface area contributed by atoms with Gasteiger partial charge in [0.05, 0.1) is 12.8 Å². The lowest BCUT2D eigenvalue weighted by Crippen LogP contribution is -2.09. The average Bonchev–Trinajstić information content (AvgIpc) is 3.04. The Morgan fingerprint density at radius 1 is 1.21 bits per heavy atom. The maximum absolute atomic E-state index is 5.83. The van der Waals surface area contributed by atoms with Crippen LogP contribution in [0.25, 0.3) is 0 Å². The molecule has 6 nitrogen and oxygen atoms in total. The number of aromatic nitrogens is 3. The molecule has 2 rings (SSSR count). The fourth-order valence-electron chi connectivity index (χ4n) is 2.21. The molecule has 24 heavy (non-hydrogen) atoms. The fourth-order valence-corrected chi connectivity index (χ4v) is 2.55. The van der Waals surface area contributed by atoms with Crippen molar-refractivity contribution in [3.8, 4) is 5.75 Å². The van der Waals surface area contributed by atoms with Gasteiger partial charge < -0.3 is 14.2 Å². The Morgan fingerprint density at radius 2 is 1.96 bits per heavy atom. The molecular formula is C17H24BrN3O3. The van der Waals surface area contributed by atoms with Gasteiger partial charge in [0, 0.05) is 36.2 Å². The van der Waals surface area contributed by atoms with Crippen LogP contribution in [-0.4, -0.2) is 34.8 Å². The molecule has 0 aliphatic carbocycles. The van der Waals surface area contributed by atoms with Crippen molar-refractivity contribution in [2.75, 3.05) is 19.8 Å². The molecule has 0 amide bonds. The standard InChI is InChI=1S/C17H24BrN3O3/c1-4-22-17(23-5-2)15-12-21(20-19-15)10-7-11-24-16-9-6-8-14(18)13(16)3/h6,8-9,12,17H,4-5,7,10-11H2,1-3H3. The fraction of sp³-hybridized carbons (Fsp3) is 0.529. The van der Waals surface area contributed by atoms with Crippen molar-refractivity contribution < 1.29 is 14.2 Å². The Balaban J connectivity index is 1.81. The maximum Gasteiger partial charge on any atom is 0.204 e. The van der Waals surface area contributed by atoms with Crippen LogP contribution < -0.4 is 4.74 Å². The van der Waals surface area contributed by atoms with Crippen molar-refractivity contribution in [2.45, 2.75) is 40.0 Å². The molecule has 0 saturated carbocycles. The summed E-state index contributed by atoms with van der Waals surface area (Å²) >= 11 is 3.51. The van der Waals surface area contributed by atoms with Crippen molar-refractivity contribution in [3.63, 3.8) is 0 Å². The minimum Gasteiger partial charge on any atom is -0.493 e. The van der Waals surface area contributed by atoms with E-state index in [4.69, 9.17) is 14.2 Å². The van der Waals surface area contributed by atoms with E-state index in [1.165, 1.54) is 0 Å². The van der Waals surface area contributed by atoms with Crippen molar-refractivity contribution >= 4 is 15.9 Å². The second-order valence-electron chi connectivity index (χ2n) is 5.21. The molecule has 1 aromatic heterocycles. The minimum atomic E-state index is -0.450. The molecule has 0 bridgehead atoms. The molecule has 2 aromatic rings. The summed E-state index contributed by atoms with van der Waals surface area (Å²) in [5, 5.41) is 8.25. The molecule has 0 spiro atoms.